The molecule has 0 aromatic carbocycles. The number of hydrogen-bond donors (Lipinski definition) is 0. The molecule has 0 unspecified atom stereocenters. The van der Waals surface area contributed by atoms with Crippen LogP contribution in [0.3, 0.4) is 0 Å². The van der Waals surface area contributed by atoms with Gasteiger partial charge < -0.3 is 18.1 Å². The summed E-state index contributed by atoms with van der Waals surface area (Å²) in [5, 5.41) is 0. The minimum absolute atomic E-state index is 0.291. The molecule has 0 heterocycles. The lowest BCUT2D eigenvalue weighted by molar-refractivity contribution is -0.117. The second-order valence-corrected chi connectivity index (χ2v) is 11.8. The molecule has 180 valence electrons. The van der Waals surface area contributed by atoms with Crippen molar-refractivity contribution in [1.82, 2.24) is 0 Å². The first-order chi connectivity index (χ1) is 13.7. The van der Waals surface area contributed by atoms with Crippen molar-refractivity contribution in [3.8, 4) is 0 Å². The molecule has 0 atom stereocenters. The molecule has 0 aliphatic heterocycles. The molecule has 0 N–H and O–H groups in total. The quantitative estimate of drug-likeness (QED) is 0.266. The molecule has 0 amide bonds. The van der Waals surface area contributed by atoms with Crippen LogP contribution in [0.25, 0.3) is 0 Å². The third-order valence-corrected chi connectivity index (χ3v) is 7.71. The number of rotatable bonds is 14. The summed E-state index contributed by atoms with van der Waals surface area (Å²) in [4.78, 5) is 23.4. The van der Waals surface area contributed by atoms with Gasteiger partial charge in [-0.3, -0.25) is 18.7 Å². The van der Waals surface area contributed by atoms with Gasteiger partial charge in [-0.05, 0) is 40.5 Å². The Labute approximate surface area is 182 Å². The zero-order valence-electron chi connectivity index (χ0n) is 20.3. The molecular formula is C20H42O8P2. The monoisotopic (exact) mass is 472 g/mol. The van der Waals surface area contributed by atoms with Gasteiger partial charge in [0.15, 0.2) is 0 Å². The van der Waals surface area contributed by atoms with Crippen LogP contribution in [-0.4, -0.2) is 36.5 Å². The van der Waals surface area contributed by atoms with E-state index < -0.39 is 26.2 Å². The SMILES string of the molecule is CC(C)OP(=O)(OC(C)C)C(=O)C(C)C.CCCOP(=O)(OCCC)C(=O)C(C)C. The highest BCUT2D eigenvalue weighted by atomic mass is 31.2. The third kappa shape index (κ3) is 12.5. The van der Waals surface area contributed by atoms with E-state index in [-0.39, 0.29) is 24.0 Å². The van der Waals surface area contributed by atoms with Crippen LogP contribution < -0.4 is 0 Å². The molecule has 0 fully saturated rings. The average Bonchev–Trinajstić information content (AvgIpc) is 2.62. The molecule has 0 aliphatic carbocycles. The average molecular weight is 472 g/mol. The Kier molecular flexibility index (Phi) is 16.4. The van der Waals surface area contributed by atoms with Gasteiger partial charge in [0.05, 0.1) is 25.4 Å². The van der Waals surface area contributed by atoms with Crippen molar-refractivity contribution in [2.45, 2.75) is 94.3 Å². The van der Waals surface area contributed by atoms with Crippen molar-refractivity contribution in [2.75, 3.05) is 13.2 Å². The summed E-state index contributed by atoms with van der Waals surface area (Å²) in [6.45, 7) is 18.0. The van der Waals surface area contributed by atoms with Crippen LogP contribution in [0, 0.1) is 11.8 Å². The molecule has 0 rings (SSSR count). The minimum Gasteiger partial charge on any atom is -0.303 e. The highest BCUT2D eigenvalue weighted by Crippen LogP contribution is 2.53. The molecule has 8 nitrogen and oxygen atoms in total. The van der Waals surface area contributed by atoms with E-state index >= 15 is 0 Å². The molecule has 0 aliphatic rings. The van der Waals surface area contributed by atoms with Gasteiger partial charge in [0.1, 0.15) is 0 Å². The van der Waals surface area contributed by atoms with Gasteiger partial charge in [-0.1, -0.05) is 41.5 Å². The fraction of sp³-hybridized carbons (Fsp3) is 0.900. The predicted molar refractivity (Wildman–Crippen MR) is 120 cm³/mol. The maximum atomic E-state index is 12.2. The first kappa shape index (κ1) is 31.8. The summed E-state index contributed by atoms with van der Waals surface area (Å²) in [6.07, 6.45) is 0.838. The van der Waals surface area contributed by atoms with E-state index in [0.29, 0.717) is 26.1 Å². The summed E-state index contributed by atoms with van der Waals surface area (Å²) in [5.74, 6) is -0.683. The van der Waals surface area contributed by atoms with Gasteiger partial charge in [0.2, 0.25) is 11.0 Å². The fourth-order valence-electron chi connectivity index (χ4n) is 1.90. The summed E-state index contributed by atoms with van der Waals surface area (Å²) < 4.78 is 44.7. The van der Waals surface area contributed by atoms with E-state index in [1.54, 1.807) is 55.4 Å². The van der Waals surface area contributed by atoms with Gasteiger partial charge in [-0.15, -0.1) is 0 Å². The lowest BCUT2D eigenvalue weighted by Crippen LogP contribution is -2.17. The first-order valence-corrected chi connectivity index (χ1v) is 13.7. The first-order valence-electron chi connectivity index (χ1n) is 10.6. The van der Waals surface area contributed by atoms with E-state index in [2.05, 4.69) is 0 Å². The molecule has 30 heavy (non-hydrogen) atoms. The summed E-state index contributed by atoms with van der Waals surface area (Å²) in [6, 6.07) is 0. The largest absolute Gasteiger partial charge is 0.397 e. The second kappa shape index (κ2) is 15.4. The van der Waals surface area contributed by atoms with E-state index in [0.717, 1.165) is 0 Å². The Balaban J connectivity index is 0. The van der Waals surface area contributed by atoms with Crippen LogP contribution in [0.4, 0.5) is 0 Å². The highest BCUT2D eigenvalue weighted by Gasteiger charge is 2.38. The lowest BCUT2D eigenvalue weighted by Gasteiger charge is -2.22. The zero-order valence-corrected chi connectivity index (χ0v) is 22.1. The number of hydrogen-bond acceptors (Lipinski definition) is 8. The smallest absolute Gasteiger partial charge is 0.303 e. The number of carbonyl (C=O) groups excluding carboxylic acids is 2. The van der Waals surface area contributed by atoms with Crippen molar-refractivity contribution in [2.24, 2.45) is 11.8 Å². The third-order valence-electron chi connectivity index (χ3n) is 3.16. The fourth-order valence-corrected chi connectivity index (χ4v) is 5.71. The van der Waals surface area contributed by atoms with Crippen molar-refractivity contribution in [1.29, 1.82) is 0 Å². The topological polar surface area (TPSA) is 105 Å². The van der Waals surface area contributed by atoms with E-state index in [9.17, 15) is 18.7 Å². The summed E-state index contributed by atoms with van der Waals surface area (Å²) >= 11 is 0. The van der Waals surface area contributed by atoms with Crippen molar-refractivity contribution in [3.63, 3.8) is 0 Å². The van der Waals surface area contributed by atoms with Gasteiger partial charge in [0.25, 0.3) is 0 Å². The van der Waals surface area contributed by atoms with Crippen molar-refractivity contribution < 1.29 is 36.8 Å². The zero-order chi connectivity index (χ0) is 24.1. The molecule has 0 bridgehead atoms. The Hall–Kier alpha value is -0.360. The Morgan fingerprint density at radius 2 is 0.933 bits per heavy atom. The normalized spacial score (nSPS) is 12.5. The molecule has 0 aromatic heterocycles. The summed E-state index contributed by atoms with van der Waals surface area (Å²) in [7, 11) is -7.16. The van der Waals surface area contributed by atoms with E-state index in [4.69, 9.17) is 18.1 Å². The van der Waals surface area contributed by atoms with Crippen molar-refractivity contribution in [3.05, 3.63) is 0 Å². The predicted octanol–water partition coefficient (Wildman–Crippen LogP) is 6.43. The molecule has 0 spiro atoms. The van der Waals surface area contributed by atoms with Crippen LogP contribution in [-0.2, 0) is 36.8 Å². The second-order valence-electron chi connectivity index (χ2n) is 7.96. The van der Waals surface area contributed by atoms with Gasteiger partial charge in [-0.2, -0.15) is 0 Å². The maximum absolute atomic E-state index is 12.2. The van der Waals surface area contributed by atoms with Crippen LogP contribution in [0.15, 0.2) is 0 Å². The molecular weight excluding hydrogens is 430 g/mol. The molecule has 0 radical (unpaired) electrons. The Morgan fingerprint density at radius 3 is 1.17 bits per heavy atom. The van der Waals surface area contributed by atoms with Gasteiger partial charge >= 0.3 is 15.2 Å². The lowest BCUT2D eigenvalue weighted by atomic mass is 10.3. The van der Waals surface area contributed by atoms with Crippen LogP contribution in [0.1, 0.15) is 82.1 Å². The van der Waals surface area contributed by atoms with Gasteiger partial charge in [0, 0.05) is 11.8 Å². The Bertz CT molecular complexity index is 574. The van der Waals surface area contributed by atoms with E-state index in [1.807, 2.05) is 13.8 Å². The van der Waals surface area contributed by atoms with E-state index in [1.165, 1.54) is 0 Å². The highest BCUT2D eigenvalue weighted by molar-refractivity contribution is 7.72. The minimum atomic E-state index is -3.62. The standard InChI is InChI=1S/2C10H21O4P/c1-7(2)10(11)15(12,13-8(3)4)14-9(5)6;1-5-7-13-15(12,14-8-6-2)10(11)9(3)4/h7-9H,1-6H3;9H,5-8H2,1-4H3. The molecule has 10 heteroatoms. The van der Waals surface area contributed by atoms with Crippen molar-refractivity contribution >= 4 is 26.2 Å². The van der Waals surface area contributed by atoms with Gasteiger partial charge in [-0.25, -0.2) is 0 Å². The maximum Gasteiger partial charge on any atom is 0.397 e. The molecule has 0 saturated carbocycles. The Morgan fingerprint density at radius 1 is 0.633 bits per heavy atom. The number of carbonyl (C=O) groups is 2. The van der Waals surface area contributed by atoms with Crippen LogP contribution in [0.2, 0.25) is 0 Å². The molecule has 0 saturated heterocycles. The van der Waals surface area contributed by atoms with Crippen LogP contribution in [0.5, 0.6) is 0 Å². The molecule has 0 aromatic rings. The summed E-state index contributed by atoms with van der Waals surface area (Å²) in [5.41, 5.74) is -0.880. The van der Waals surface area contributed by atoms with Crippen LogP contribution >= 0.6 is 15.2 Å².